The number of rotatable bonds is 21. The second-order valence-electron chi connectivity index (χ2n) is 19.0. The van der Waals surface area contributed by atoms with Crippen LogP contribution >= 0.6 is 57.9 Å². The number of amides is 3. The molecule has 0 radical (unpaired) electrons. The van der Waals surface area contributed by atoms with E-state index in [2.05, 4.69) is 128 Å². The molecule has 9 aromatic heterocycles. The number of nitrogen functional groups attached to an aromatic ring is 4. The number of hydrogen-bond acceptors (Lipinski definition) is 40. The molecule has 3 amide bonds. The number of carbonyl (C=O) groups excluding carboxylic acids is 3. The lowest BCUT2D eigenvalue weighted by Crippen LogP contribution is -2.12. The summed E-state index contributed by atoms with van der Waals surface area (Å²) in [5.41, 5.74) is 22.9. The zero-order chi connectivity index (χ0) is 76.6. The van der Waals surface area contributed by atoms with Gasteiger partial charge >= 0.3 is 0 Å². The zero-order valence-electron chi connectivity index (χ0n) is 59.5. The Morgan fingerprint density at radius 2 is 0.583 bits per heavy atom. The van der Waals surface area contributed by atoms with Crippen molar-refractivity contribution < 1.29 is 71.2 Å². The van der Waals surface area contributed by atoms with E-state index in [-0.39, 0.29) is 69.8 Å². The first kappa shape index (κ1) is 84.1. The molecule has 0 aliphatic rings. The van der Waals surface area contributed by atoms with Crippen molar-refractivity contribution in [1.29, 1.82) is 0 Å². The first-order chi connectivity index (χ1) is 49.0. The summed E-state index contributed by atoms with van der Waals surface area (Å²) < 4.78 is 61.8. The van der Waals surface area contributed by atoms with E-state index in [1.54, 1.807) is 74.3 Å². The highest BCUT2D eigenvalue weighted by molar-refractivity contribution is 14.1. The number of ether oxygens (including phenoxy) is 12. The average molecular weight is 1600 g/mol. The second-order valence-corrected chi connectivity index (χ2v) is 23.0. The predicted molar refractivity (Wildman–Crippen MR) is 386 cm³/mol. The van der Waals surface area contributed by atoms with Crippen LogP contribution in [0.2, 0.25) is 0 Å². The van der Waals surface area contributed by atoms with Gasteiger partial charge in [-0.2, -0.15) is 59.8 Å². The highest BCUT2D eigenvalue weighted by Gasteiger charge is 2.23. The van der Waals surface area contributed by atoms with Crippen LogP contribution in [0.5, 0.6) is 70.6 Å². The van der Waals surface area contributed by atoms with Crippen molar-refractivity contribution in [3.63, 3.8) is 0 Å². The number of nitrogens with two attached hydrogens (primary N) is 4. The summed E-state index contributed by atoms with van der Waals surface area (Å²) >= 11 is 5.48. The number of anilines is 7. The molecule has 0 fully saturated rings. The van der Waals surface area contributed by atoms with Gasteiger partial charge in [0.1, 0.15) is 70.6 Å². The SMILES string of the molecule is COc1cc(OC)nc(C)n1.COc1cc(OC)nc(N)n1.COc1nc(C)nc(OC)c1I.COc1nc(C)nc(OC)c1Sc1nc(C)cc(NC(C)=O)n1.COc1nc(C)nc(OC)c1Sc1nc(N)cc(N)n1.COc1nc(N)nc(OC)c1Sc1nc(NC(C)=O)cc(NC(C)=O)n1. The van der Waals surface area contributed by atoms with Crippen molar-refractivity contribution in [3.05, 3.63) is 62.9 Å². The van der Waals surface area contributed by atoms with Gasteiger partial charge in [0.05, 0.1) is 97.5 Å². The highest BCUT2D eigenvalue weighted by Crippen LogP contribution is 2.42. The van der Waals surface area contributed by atoms with Crippen LogP contribution in [-0.2, 0) is 14.4 Å². The summed E-state index contributed by atoms with van der Waals surface area (Å²) in [4.78, 5) is 109. The Bertz CT molecular complexity index is 4100. The first-order valence-electron chi connectivity index (χ1n) is 29.0. The number of nitrogens with zero attached hydrogens (tertiary/aromatic N) is 18. The number of aryl methyl sites for hydroxylation is 5. The minimum absolute atomic E-state index is 0.0186. The van der Waals surface area contributed by atoms with Gasteiger partial charge in [-0.1, -0.05) is 0 Å². The molecule has 0 aliphatic heterocycles. The lowest BCUT2D eigenvalue weighted by molar-refractivity contribution is -0.115. The Hall–Kier alpha value is -11.3. The van der Waals surface area contributed by atoms with Crippen LogP contribution in [0.15, 0.2) is 60.5 Å². The first-order valence-corrected chi connectivity index (χ1v) is 32.5. The van der Waals surface area contributed by atoms with E-state index in [1.165, 1.54) is 113 Å². The molecule has 103 heavy (non-hydrogen) atoms. The number of nitrogens with one attached hydrogen (secondary N) is 3. The third-order valence-electron chi connectivity index (χ3n) is 11.2. The lowest BCUT2D eigenvalue weighted by atomic mass is 10.4. The Labute approximate surface area is 617 Å². The monoisotopic (exact) mass is 1600 g/mol. The van der Waals surface area contributed by atoms with Crippen molar-refractivity contribution in [3.8, 4) is 70.6 Å². The molecule has 0 bridgehead atoms. The maximum Gasteiger partial charge on any atom is 0.236 e. The minimum Gasteiger partial charge on any atom is -0.481 e. The number of aromatic nitrogens is 18. The largest absolute Gasteiger partial charge is 0.481 e. The van der Waals surface area contributed by atoms with Crippen LogP contribution in [0.4, 0.5) is 41.0 Å². The molecule has 0 spiro atoms. The lowest BCUT2D eigenvalue weighted by Gasteiger charge is -2.12. The van der Waals surface area contributed by atoms with Crippen molar-refractivity contribution >= 4 is 117 Å². The fourth-order valence-electron chi connectivity index (χ4n) is 7.25. The van der Waals surface area contributed by atoms with Gasteiger partial charge in [0.2, 0.25) is 100 Å². The summed E-state index contributed by atoms with van der Waals surface area (Å²) in [6.07, 6.45) is 0. The fraction of sp³-hybridized carbons (Fsp3) is 0.339. The van der Waals surface area contributed by atoms with Gasteiger partial charge in [0.25, 0.3) is 0 Å². The summed E-state index contributed by atoms with van der Waals surface area (Å²) in [7, 11) is 18.2. The normalized spacial score (nSPS) is 9.99. The number of carbonyl (C=O) groups is 3. The van der Waals surface area contributed by atoms with Gasteiger partial charge in [0.15, 0.2) is 15.5 Å². The van der Waals surface area contributed by atoms with E-state index in [9.17, 15) is 14.4 Å². The molecule has 11 N–H and O–H groups in total. The molecule has 552 valence electrons. The van der Waals surface area contributed by atoms with Crippen molar-refractivity contribution in [1.82, 2.24) is 89.7 Å². The predicted octanol–water partition coefficient (Wildman–Crippen LogP) is 6.14. The molecule has 0 aliphatic carbocycles. The molecule has 40 nitrogen and oxygen atoms in total. The molecule has 0 atom stereocenters. The second kappa shape index (κ2) is 42.1. The highest BCUT2D eigenvalue weighted by atomic mass is 127. The van der Waals surface area contributed by atoms with Crippen molar-refractivity contribution in [2.75, 3.05) is 124 Å². The maximum atomic E-state index is 11.3. The molecule has 44 heteroatoms. The number of hydrogen-bond donors (Lipinski definition) is 7. The van der Waals surface area contributed by atoms with Crippen molar-refractivity contribution in [2.24, 2.45) is 0 Å². The standard InChI is InChI=1S/C14H17N7O4S.C14H17N5O3S.C11H14N6O2S.C7H9IN2O2.C7H10N2O2.C6H9N3O2/c1-6(22)16-8-5-9(17-7(2)23)19-14(18-8)26-10-11(24-3)20-13(15)21-12(10)25-4;1-7-6-10(18-9(3)20)19-14(15-7)23-11-12(21-4)16-8(2)17-13(11)22-5;1-5-14-9(18-2)8(10(15-5)19-3)20-11-16-6(12)4-7(13)17-11;1-4-9-6(11-2)5(8)7(10-4)12-3;1-5-8-6(10-2)4-7(9-5)11-3;1-10-4-3-5(11-2)9-6(7)8-4/h5H,1-4H3,(H2,15,20,21)(H2,16,17,18,19,22,23);6H,1-5H3,(H,15,18,19,20);4H,1-3H3,(H4,12,13,16,17);1-3H3;4H,1-3H3;3H,1-2H3,(H2,7,8,9). The van der Waals surface area contributed by atoms with Crippen LogP contribution in [0, 0.1) is 38.2 Å². The molecule has 9 heterocycles. The molecule has 9 rings (SSSR count). The van der Waals surface area contributed by atoms with Gasteiger partial charge < -0.3 is 95.7 Å². The molecule has 0 unspecified atom stereocenters. The van der Waals surface area contributed by atoms with E-state index in [0.717, 1.165) is 21.0 Å². The third-order valence-corrected chi connectivity index (χ3v) is 14.9. The Balaban J connectivity index is 0.000000270. The summed E-state index contributed by atoms with van der Waals surface area (Å²) in [6.45, 7) is 13.0. The minimum atomic E-state index is -0.320. The molecule has 0 aromatic carbocycles. The maximum absolute atomic E-state index is 11.3. The smallest absolute Gasteiger partial charge is 0.236 e. The van der Waals surface area contributed by atoms with E-state index in [4.69, 9.17) is 79.8 Å². The van der Waals surface area contributed by atoms with Gasteiger partial charge in [-0.3, -0.25) is 14.4 Å². The van der Waals surface area contributed by atoms with Crippen molar-refractivity contribution in [2.45, 2.75) is 85.5 Å². The van der Waals surface area contributed by atoms with Crippen LogP contribution in [-0.4, -0.2) is 193 Å². The topological polar surface area (TPSA) is 534 Å². The Kier molecular flexibility index (Phi) is 34.4. The zero-order valence-corrected chi connectivity index (χ0v) is 64.1. The van der Waals surface area contributed by atoms with Crippen LogP contribution < -0.4 is 95.7 Å². The molecular formula is C59H76IN25O15S3. The van der Waals surface area contributed by atoms with Gasteiger partial charge in [-0.05, 0) is 92.5 Å². The van der Waals surface area contributed by atoms with Crippen LogP contribution in [0.1, 0.15) is 49.8 Å². The number of methoxy groups -OCH3 is 12. The average Bonchev–Trinajstić information content (AvgIpc) is 0.823. The van der Waals surface area contributed by atoms with Gasteiger partial charge in [-0.15, -0.1) is 0 Å². The summed E-state index contributed by atoms with van der Waals surface area (Å²) in [6, 6.07) is 7.78. The Morgan fingerprint density at radius 3 is 0.893 bits per heavy atom. The molecule has 9 aromatic rings. The van der Waals surface area contributed by atoms with E-state index in [0.29, 0.717) is 113 Å². The number of halogens is 1. The fourth-order valence-corrected chi connectivity index (χ4v) is 10.7. The van der Waals surface area contributed by atoms with Crippen LogP contribution in [0.25, 0.3) is 0 Å². The molecular weight excluding hydrogens is 1520 g/mol. The van der Waals surface area contributed by atoms with Gasteiger partial charge in [-0.25, -0.2) is 29.9 Å². The van der Waals surface area contributed by atoms with E-state index >= 15 is 0 Å². The van der Waals surface area contributed by atoms with Crippen LogP contribution in [0.3, 0.4) is 0 Å². The third kappa shape index (κ3) is 27.6. The van der Waals surface area contributed by atoms with Gasteiger partial charge in [0, 0.05) is 44.7 Å². The molecule has 0 saturated heterocycles. The van der Waals surface area contributed by atoms with E-state index < -0.39 is 0 Å². The molecule has 0 saturated carbocycles. The Morgan fingerprint density at radius 1 is 0.320 bits per heavy atom. The quantitative estimate of drug-likeness (QED) is 0.0314. The summed E-state index contributed by atoms with van der Waals surface area (Å²) in [5.74, 6) is 7.88. The summed E-state index contributed by atoms with van der Waals surface area (Å²) in [5, 5.41) is 8.72. The van der Waals surface area contributed by atoms with E-state index in [1.807, 2.05) is 6.92 Å².